The molecule has 2 heterocycles. The fraction of sp³-hybridized carbons (Fsp3) is 0.111. The topological polar surface area (TPSA) is 35.6 Å². The molecule has 0 aliphatic heterocycles. The fourth-order valence-corrected chi connectivity index (χ4v) is 5.62. The van der Waals surface area contributed by atoms with E-state index in [1.54, 1.807) is 0 Å². The van der Waals surface area contributed by atoms with Gasteiger partial charge in [-0.2, -0.15) is 0 Å². The van der Waals surface area contributed by atoms with E-state index < -0.39 is 0 Å². The summed E-state index contributed by atoms with van der Waals surface area (Å²) in [5.41, 5.74) is 16.3. The van der Waals surface area contributed by atoms with E-state index in [1.807, 2.05) is 12.7 Å². The van der Waals surface area contributed by atoms with Crippen molar-refractivity contribution in [2.45, 2.75) is 27.7 Å². The Balaban J connectivity index is 1.23. The molecule has 0 N–H and O–H groups in total. The maximum Gasteiger partial charge on any atom is 0.100 e. The molecule has 0 radical (unpaired) electrons. The van der Waals surface area contributed by atoms with E-state index in [0.29, 0.717) is 0 Å². The highest BCUT2D eigenvalue weighted by Gasteiger charge is 2.13. The number of aromatic nitrogens is 4. The van der Waals surface area contributed by atoms with Crippen LogP contribution in [0.25, 0.3) is 55.7 Å². The average Bonchev–Trinajstić information content (AvgIpc) is 3.59. The van der Waals surface area contributed by atoms with Crippen LogP contribution in [0.2, 0.25) is 0 Å². The third-order valence-corrected chi connectivity index (χ3v) is 7.91. The van der Waals surface area contributed by atoms with Gasteiger partial charge in [0.05, 0.1) is 22.1 Å². The van der Waals surface area contributed by atoms with Crippen molar-refractivity contribution < 1.29 is 0 Å². The van der Waals surface area contributed by atoms with Crippen molar-refractivity contribution in [1.82, 2.24) is 19.1 Å². The molecule has 4 nitrogen and oxygen atoms in total. The third kappa shape index (κ3) is 4.09. The van der Waals surface area contributed by atoms with Crippen LogP contribution < -0.4 is 0 Å². The van der Waals surface area contributed by atoms with Crippen molar-refractivity contribution in [3.8, 4) is 33.6 Å². The molecule has 0 atom stereocenters. The molecule has 0 amide bonds. The van der Waals surface area contributed by atoms with Gasteiger partial charge < -0.3 is 0 Å². The Bertz CT molecular complexity index is 1870. The molecule has 194 valence electrons. The van der Waals surface area contributed by atoms with Gasteiger partial charge >= 0.3 is 0 Å². The molecule has 5 aromatic carbocycles. The highest BCUT2D eigenvalue weighted by Crippen LogP contribution is 2.34. The molecular weight excluding hydrogens is 488 g/mol. The first-order valence-electron chi connectivity index (χ1n) is 13.6. The van der Waals surface area contributed by atoms with Gasteiger partial charge in [-0.15, -0.1) is 0 Å². The zero-order valence-corrected chi connectivity index (χ0v) is 23.2. The summed E-state index contributed by atoms with van der Waals surface area (Å²) in [5, 5.41) is 0. The number of hydrogen-bond acceptors (Lipinski definition) is 2. The van der Waals surface area contributed by atoms with Gasteiger partial charge in [0.25, 0.3) is 0 Å². The molecule has 0 bridgehead atoms. The Labute approximate surface area is 234 Å². The molecule has 0 aliphatic rings. The Morgan fingerprint density at radius 1 is 0.450 bits per heavy atom. The Morgan fingerprint density at radius 3 is 1.25 bits per heavy atom. The largest absolute Gasteiger partial charge is 0.299 e. The Kier molecular flexibility index (Phi) is 5.64. The lowest BCUT2D eigenvalue weighted by atomic mass is 9.91. The lowest BCUT2D eigenvalue weighted by molar-refractivity contribution is 1.09. The minimum absolute atomic E-state index is 0.994. The maximum atomic E-state index is 4.73. The Morgan fingerprint density at radius 2 is 0.850 bits per heavy atom. The molecule has 0 saturated heterocycles. The Hall–Kier alpha value is -4.96. The van der Waals surface area contributed by atoms with Gasteiger partial charge in [0.15, 0.2) is 0 Å². The van der Waals surface area contributed by atoms with Gasteiger partial charge in [-0.1, -0.05) is 59.7 Å². The van der Waals surface area contributed by atoms with Gasteiger partial charge in [-0.25, -0.2) is 9.97 Å². The molecule has 2 aromatic heterocycles. The molecule has 7 rings (SSSR count). The maximum absolute atomic E-state index is 4.73. The number of nitrogens with zero attached hydrogens (tertiary/aromatic N) is 4. The quantitative estimate of drug-likeness (QED) is 0.233. The zero-order chi connectivity index (χ0) is 27.4. The fourth-order valence-electron chi connectivity index (χ4n) is 5.62. The standard InChI is InChI=1S/C36H30N4/c1-23-5-11-29(12-6-23)39-21-37-33-19-27(9-15-35(33)39)31-17-26(4)32(18-25(31)3)28-10-16-36-34(20-28)38-22-40(36)30-13-7-24(2)8-14-30/h5-22H,1-4H3. The second kappa shape index (κ2) is 9.35. The SMILES string of the molecule is Cc1ccc(-n2cnc3cc(-c4cc(C)c(-c5ccc6c(c5)ncn6-c5ccc(C)cc5)cc4C)ccc32)cc1. The summed E-state index contributed by atoms with van der Waals surface area (Å²) in [6, 6.07) is 34.9. The lowest BCUT2D eigenvalue weighted by Gasteiger charge is -2.14. The number of hydrogen-bond donors (Lipinski definition) is 0. The van der Waals surface area contributed by atoms with Crippen LogP contribution in [-0.4, -0.2) is 19.1 Å². The summed E-state index contributed by atoms with van der Waals surface area (Å²) in [4.78, 5) is 9.46. The second-order valence-electron chi connectivity index (χ2n) is 10.8. The number of imidazole rings is 2. The van der Waals surface area contributed by atoms with E-state index in [0.717, 1.165) is 33.4 Å². The molecule has 0 fully saturated rings. The second-order valence-corrected chi connectivity index (χ2v) is 10.8. The molecule has 40 heavy (non-hydrogen) atoms. The van der Waals surface area contributed by atoms with Crippen LogP contribution in [-0.2, 0) is 0 Å². The van der Waals surface area contributed by atoms with Crippen LogP contribution >= 0.6 is 0 Å². The van der Waals surface area contributed by atoms with Crippen LogP contribution in [0.3, 0.4) is 0 Å². The number of fused-ring (bicyclic) bond motifs is 2. The smallest absolute Gasteiger partial charge is 0.100 e. The van der Waals surface area contributed by atoms with Crippen molar-refractivity contribution in [3.05, 3.63) is 132 Å². The number of benzene rings is 5. The third-order valence-electron chi connectivity index (χ3n) is 7.91. The van der Waals surface area contributed by atoms with Crippen LogP contribution in [0, 0.1) is 27.7 Å². The first-order valence-corrected chi connectivity index (χ1v) is 13.6. The average molecular weight is 519 g/mol. The van der Waals surface area contributed by atoms with Crippen LogP contribution in [0.4, 0.5) is 0 Å². The van der Waals surface area contributed by atoms with E-state index in [9.17, 15) is 0 Å². The van der Waals surface area contributed by atoms with Crippen LogP contribution in [0.15, 0.2) is 110 Å². The zero-order valence-electron chi connectivity index (χ0n) is 23.2. The predicted octanol–water partition coefficient (Wildman–Crippen LogP) is 8.93. The minimum atomic E-state index is 0.994. The first-order chi connectivity index (χ1) is 19.4. The van der Waals surface area contributed by atoms with E-state index in [4.69, 9.17) is 9.97 Å². The molecular formula is C36H30N4. The van der Waals surface area contributed by atoms with Crippen molar-refractivity contribution in [1.29, 1.82) is 0 Å². The monoisotopic (exact) mass is 518 g/mol. The highest BCUT2D eigenvalue weighted by atomic mass is 15.1. The van der Waals surface area contributed by atoms with Crippen molar-refractivity contribution >= 4 is 22.1 Å². The van der Waals surface area contributed by atoms with Crippen molar-refractivity contribution in [2.24, 2.45) is 0 Å². The minimum Gasteiger partial charge on any atom is -0.299 e. The van der Waals surface area contributed by atoms with E-state index >= 15 is 0 Å². The summed E-state index contributed by atoms with van der Waals surface area (Å²) in [6.45, 7) is 8.60. The molecule has 0 spiro atoms. The normalized spacial score (nSPS) is 11.5. The van der Waals surface area contributed by atoms with Gasteiger partial charge in [0, 0.05) is 11.4 Å². The predicted molar refractivity (Wildman–Crippen MR) is 166 cm³/mol. The molecule has 0 saturated carbocycles. The van der Waals surface area contributed by atoms with Gasteiger partial charge in [-0.05, 0) is 110 Å². The number of aryl methyl sites for hydroxylation is 4. The molecule has 7 aromatic rings. The molecule has 0 aliphatic carbocycles. The van der Waals surface area contributed by atoms with Gasteiger partial charge in [-0.3, -0.25) is 9.13 Å². The van der Waals surface area contributed by atoms with Crippen LogP contribution in [0.5, 0.6) is 0 Å². The number of rotatable bonds is 4. The summed E-state index contributed by atoms with van der Waals surface area (Å²) < 4.78 is 4.30. The van der Waals surface area contributed by atoms with E-state index in [2.05, 4.69) is 134 Å². The van der Waals surface area contributed by atoms with Crippen LogP contribution in [0.1, 0.15) is 22.3 Å². The van der Waals surface area contributed by atoms with Crippen molar-refractivity contribution in [3.63, 3.8) is 0 Å². The molecule has 4 heteroatoms. The summed E-state index contributed by atoms with van der Waals surface area (Å²) in [6.07, 6.45) is 3.83. The van der Waals surface area contributed by atoms with E-state index in [1.165, 1.54) is 44.5 Å². The summed E-state index contributed by atoms with van der Waals surface area (Å²) in [5.74, 6) is 0. The van der Waals surface area contributed by atoms with E-state index in [-0.39, 0.29) is 0 Å². The highest BCUT2D eigenvalue weighted by molar-refractivity contribution is 5.87. The molecule has 0 unspecified atom stereocenters. The van der Waals surface area contributed by atoms with Gasteiger partial charge in [0.1, 0.15) is 12.7 Å². The summed E-state index contributed by atoms with van der Waals surface area (Å²) in [7, 11) is 0. The summed E-state index contributed by atoms with van der Waals surface area (Å²) >= 11 is 0. The lowest BCUT2D eigenvalue weighted by Crippen LogP contribution is -1.93. The first kappa shape index (κ1) is 24.1. The van der Waals surface area contributed by atoms with Crippen molar-refractivity contribution in [2.75, 3.05) is 0 Å². The van der Waals surface area contributed by atoms with Gasteiger partial charge in [0.2, 0.25) is 0 Å².